The zero-order valence-electron chi connectivity index (χ0n) is 13.0. The predicted octanol–water partition coefficient (Wildman–Crippen LogP) is -0.137. The molecular formula is C15H27N3O4. The van der Waals surface area contributed by atoms with Crippen LogP contribution < -0.4 is 11.1 Å². The molecule has 126 valence electrons. The van der Waals surface area contributed by atoms with Crippen LogP contribution >= 0.6 is 0 Å². The van der Waals surface area contributed by atoms with Crippen molar-refractivity contribution in [1.29, 1.82) is 0 Å². The van der Waals surface area contributed by atoms with Gasteiger partial charge in [-0.15, -0.1) is 0 Å². The molecule has 0 radical (unpaired) electrons. The molecule has 6 N–H and O–H groups in total. The molecule has 0 saturated carbocycles. The number of aliphatic hydroxyl groups is 1. The molecule has 0 bridgehead atoms. The smallest absolute Gasteiger partial charge is 0.222 e. The summed E-state index contributed by atoms with van der Waals surface area (Å²) >= 11 is 0. The third kappa shape index (κ3) is 9.98. The number of carbonyl (C=O) groups excluding carboxylic acids is 1. The number of carbonyl (C=O) groups is 1. The molecule has 0 aliphatic carbocycles. The van der Waals surface area contributed by atoms with Crippen LogP contribution in [0.2, 0.25) is 0 Å². The van der Waals surface area contributed by atoms with Gasteiger partial charge in [-0.05, 0) is 18.6 Å². The van der Waals surface area contributed by atoms with Crippen LogP contribution in [-0.4, -0.2) is 66.0 Å². The maximum Gasteiger partial charge on any atom is 0.222 e. The van der Waals surface area contributed by atoms with E-state index >= 15 is 0 Å². The number of aliphatic hydroxyl groups excluding tert-OH is 1. The molecule has 7 heteroatoms. The summed E-state index contributed by atoms with van der Waals surface area (Å²) in [7, 11) is 1.84. The topological polar surface area (TPSA) is 119 Å². The van der Waals surface area contributed by atoms with Gasteiger partial charge in [0.05, 0.1) is 6.61 Å². The van der Waals surface area contributed by atoms with E-state index in [0.717, 1.165) is 25.9 Å². The van der Waals surface area contributed by atoms with Crippen LogP contribution in [0, 0.1) is 0 Å². The van der Waals surface area contributed by atoms with E-state index in [1.165, 1.54) is 12.1 Å². The van der Waals surface area contributed by atoms with Crippen molar-refractivity contribution in [3.63, 3.8) is 0 Å². The van der Waals surface area contributed by atoms with Gasteiger partial charge < -0.3 is 31.3 Å². The fourth-order valence-corrected chi connectivity index (χ4v) is 1.55. The summed E-state index contributed by atoms with van der Waals surface area (Å²) in [5, 5.41) is 28.4. The maximum absolute atomic E-state index is 10.5. The molecule has 0 aromatic heterocycles. The van der Waals surface area contributed by atoms with E-state index in [0.29, 0.717) is 19.0 Å². The van der Waals surface area contributed by atoms with E-state index in [9.17, 15) is 4.79 Å². The summed E-state index contributed by atoms with van der Waals surface area (Å²) in [4.78, 5) is 12.3. The number of para-hydroxylation sites is 2. The maximum atomic E-state index is 10.5. The first-order valence-electron chi connectivity index (χ1n) is 7.25. The van der Waals surface area contributed by atoms with Crippen molar-refractivity contribution >= 4 is 5.91 Å². The number of nitrogens with zero attached hydrogens (tertiary/aromatic N) is 1. The average Bonchev–Trinajstić information content (AvgIpc) is 2.88. The molecule has 1 fully saturated rings. The van der Waals surface area contributed by atoms with Crippen molar-refractivity contribution in [2.75, 3.05) is 39.8 Å². The number of amides is 1. The largest absolute Gasteiger partial charge is 0.504 e. The molecule has 22 heavy (non-hydrogen) atoms. The Kier molecular flexibility index (Phi) is 11.8. The summed E-state index contributed by atoms with van der Waals surface area (Å²) in [5.74, 6) is 0.139. The first kappa shape index (κ1) is 20.2. The molecule has 1 heterocycles. The van der Waals surface area contributed by atoms with Crippen molar-refractivity contribution in [3.8, 4) is 11.5 Å². The van der Waals surface area contributed by atoms with E-state index in [-0.39, 0.29) is 18.1 Å². The molecule has 7 nitrogen and oxygen atoms in total. The number of phenolic OH excluding ortho intramolecular Hbond substituents is 2. The van der Waals surface area contributed by atoms with Gasteiger partial charge in [0.1, 0.15) is 0 Å². The zero-order chi connectivity index (χ0) is 16.8. The van der Waals surface area contributed by atoms with E-state index in [2.05, 4.69) is 5.32 Å². The number of hydrogen-bond acceptors (Lipinski definition) is 6. The molecule has 0 spiro atoms. The van der Waals surface area contributed by atoms with E-state index in [1.807, 2.05) is 7.05 Å². The molecule has 1 aliphatic heterocycles. The predicted molar refractivity (Wildman–Crippen MR) is 85.7 cm³/mol. The van der Waals surface area contributed by atoms with E-state index < -0.39 is 0 Å². The number of phenols is 2. The zero-order valence-corrected chi connectivity index (χ0v) is 13.0. The SMILES string of the molecule is CN1CCCC1=O.NCCNCCO.Oc1ccccc1O. The number of benzene rings is 1. The lowest BCUT2D eigenvalue weighted by molar-refractivity contribution is -0.126. The standard InChI is InChI=1S/C6H6O2.C5H9NO.C4H12N2O/c7-5-3-1-2-4-6(5)8;1-6-4-2-3-5(6)7;5-1-2-6-3-4-7/h1-4,7-8H;2-4H2,1H3;6-7H,1-5H2. The number of rotatable bonds is 4. The second kappa shape index (κ2) is 12.9. The van der Waals surface area contributed by atoms with Crippen LogP contribution in [0.25, 0.3) is 0 Å². The summed E-state index contributed by atoms with van der Waals surface area (Å²) in [6.07, 6.45) is 1.81. The van der Waals surface area contributed by atoms with Gasteiger partial charge in [-0.2, -0.15) is 0 Å². The lowest BCUT2D eigenvalue weighted by atomic mass is 10.3. The van der Waals surface area contributed by atoms with Crippen LogP contribution in [0.3, 0.4) is 0 Å². The first-order chi connectivity index (χ1) is 10.5. The fraction of sp³-hybridized carbons (Fsp3) is 0.533. The second-order valence-corrected chi connectivity index (χ2v) is 4.67. The average molecular weight is 313 g/mol. The number of nitrogens with one attached hydrogen (secondary N) is 1. The highest BCUT2D eigenvalue weighted by Crippen LogP contribution is 2.21. The number of likely N-dealkylation sites (tertiary alicyclic amines) is 1. The Labute approximate surface area is 131 Å². The van der Waals surface area contributed by atoms with E-state index in [4.69, 9.17) is 21.1 Å². The molecule has 0 unspecified atom stereocenters. The molecule has 1 saturated heterocycles. The van der Waals surface area contributed by atoms with Crippen LogP contribution in [0.5, 0.6) is 11.5 Å². The Hall–Kier alpha value is -1.83. The Morgan fingerprint density at radius 2 is 1.82 bits per heavy atom. The molecule has 2 rings (SSSR count). The lowest BCUT2D eigenvalue weighted by Gasteiger charge is -2.03. The van der Waals surface area contributed by atoms with Gasteiger partial charge in [0, 0.05) is 39.6 Å². The van der Waals surface area contributed by atoms with Gasteiger partial charge in [0.2, 0.25) is 5.91 Å². The molecular weight excluding hydrogens is 286 g/mol. The Morgan fingerprint density at radius 1 is 1.23 bits per heavy atom. The number of hydrogen-bond donors (Lipinski definition) is 5. The van der Waals surface area contributed by atoms with Gasteiger partial charge in [0.25, 0.3) is 0 Å². The van der Waals surface area contributed by atoms with Crippen molar-refractivity contribution in [1.82, 2.24) is 10.2 Å². The Bertz CT molecular complexity index is 391. The van der Waals surface area contributed by atoms with Crippen LogP contribution in [0.15, 0.2) is 24.3 Å². The molecule has 1 aliphatic rings. The highest BCUT2D eigenvalue weighted by Gasteiger charge is 2.14. The third-order valence-corrected chi connectivity index (χ3v) is 2.80. The van der Waals surface area contributed by atoms with Crippen LogP contribution in [0.1, 0.15) is 12.8 Å². The van der Waals surface area contributed by atoms with E-state index in [1.54, 1.807) is 17.0 Å². The summed E-state index contributed by atoms with van der Waals surface area (Å²) < 4.78 is 0. The van der Waals surface area contributed by atoms with Crippen LogP contribution in [0.4, 0.5) is 0 Å². The molecule has 0 atom stereocenters. The van der Waals surface area contributed by atoms with Crippen molar-refractivity contribution in [2.24, 2.45) is 5.73 Å². The minimum absolute atomic E-state index is 0.0764. The van der Waals surface area contributed by atoms with Gasteiger partial charge in [0.15, 0.2) is 11.5 Å². The lowest BCUT2D eigenvalue weighted by Crippen LogP contribution is -2.24. The normalized spacial score (nSPS) is 13.0. The highest BCUT2D eigenvalue weighted by molar-refractivity contribution is 5.77. The summed E-state index contributed by atoms with van der Waals surface area (Å²) in [6, 6.07) is 6.15. The Morgan fingerprint density at radius 3 is 2.09 bits per heavy atom. The van der Waals surface area contributed by atoms with Gasteiger partial charge in [-0.25, -0.2) is 0 Å². The quantitative estimate of drug-likeness (QED) is 0.390. The first-order valence-corrected chi connectivity index (χ1v) is 7.25. The number of aromatic hydroxyl groups is 2. The molecule has 1 amide bonds. The minimum Gasteiger partial charge on any atom is -0.504 e. The second-order valence-electron chi connectivity index (χ2n) is 4.67. The van der Waals surface area contributed by atoms with Gasteiger partial charge in [-0.1, -0.05) is 12.1 Å². The van der Waals surface area contributed by atoms with Crippen molar-refractivity contribution in [3.05, 3.63) is 24.3 Å². The van der Waals surface area contributed by atoms with Crippen LogP contribution in [-0.2, 0) is 4.79 Å². The number of nitrogens with two attached hydrogens (primary N) is 1. The molecule has 1 aromatic carbocycles. The highest BCUT2D eigenvalue weighted by atomic mass is 16.3. The minimum atomic E-state index is -0.0764. The summed E-state index contributed by atoms with van der Waals surface area (Å²) in [5.41, 5.74) is 5.13. The third-order valence-electron chi connectivity index (χ3n) is 2.80. The van der Waals surface area contributed by atoms with Crippen molar-refractivity contribution < 1.29 is 20.1 Å². The fourth-order valence-electron chi connectivity index (χ4n) is 1.55. The van der Waals surface area contributed by atoms with Gasteiger partial charge >= 0.3 is 0 Å². The monoisotopic (exact) mass is 313 g/mol. The Balaban J connectivity index is 0.000000302. The summed E-state index contributed by atoms with van der Waals surface area (Å²) in [6.45, 7) is 3.23. The van der Waals surface area contributed by atoms with Gasteiger partial charge in [-0.3, -0.25) is 4.79 Å². The van der Waals surface area contributed by atoms with Crippen molar-refractivity contribution in [2.45, 2.75) is 12.8 Å². The molecule has 1 aromatic rings.